The van der Waals surface area contributed by atoms with Crippen molar-refractivity contribution >= 4 is 17.4 Å². The van der Waals surface area contributed by atoms with Crippen molar-refractivity contribution in [2.24, 2.45) is 0 Å². The quantitative estimate of drug-likeness (QED) is 0.752. The maximum absolute atomic E-state index is 13.2. The number of benzene rings is 2. The zero-order valence-electron chi connectivity index (χ0n) is 9.81. The van der Waals surface area contributed by atoms with E-state index >= 15 is 0 Å². The Kier molecular flexibility index (Phi) is 3.62. The van der Waals surface area contributed by atoms with Crippen LogP contribution in [0, 0.1) is 24.4 Å². The van der Waals surface area contributed by atoms with E-state index in [2.05, 4.69) is 0 Å². The highest BCUT2D eigenvalue weighted by atomic mass is 35.5. The number of aryl methyl sites for hydroxylation is 1. The molecule has 0 bridgehead atoms. The molecule has 0 aliphatic rings. The summed E-state index contributed by atoms with van der Waals surface area (Å²) >= 11 is 5.78. The third-order valence-corrected chi connectivity index (χ3v) is 2.93. The van der Waals surface area contributed by atoms with Crippen molar-refractivity contribution in [3.8, 4) is 0 Å². The van der Waals surface area contributed by atoms with Gasteiger partial charge in [-0.15, -0.1) is 0 Å². The van der Waals surface area contributed by atoms with Crippen molar-refractivity contribution in [3.05, 3.63) is 69.5 Å². The summed E-state index contributed by atoms with van der Waals surface area (Å²) in [6.07, 6.45) is 0. The predicted octanol–water partition coefficient (Wildman–Crippen LogP) is 4.30. The van der Waals surface area contributed by atoms with Gasteiger partial charge in [-0.2, -0.15) is 0 Å². The third kappa shape index (κ3) is 2.79. The lowest BCUT2D eigenvalue weighted by atomic mass is 10.0. The number of rotatable bonds is 2. The number of hydrogen-bond donors (Lipinski definition) is 0. The van der Waals surface area contributed by atoms with Crippen molar-refractivity contribution in [2.45, 2.75) is 6.92 Å². The lowest BCUT2D eigenvalue weighted by Gasteiger charge is -2.06. The summed E-state index contributed by atoms with van der Waals surface area (Å²) in [6.45, 7) is 1.47. The van der Waals surface area contributed by atoms with Crippen LogP contribution < -0.4 is 0 Å². The molecule has 2 aromatic carbocycles. The van der Waals surface area contributed by atoms with E-state index in [1.807, 2.05) is 0 Å². The number of carbonyl (C=O) groups excluding carboxylic acids is 1. The fourth-order valence-corrected chi connectivity index (χ4v) is 1.91. The zero-order valence-corrected chi connectivity index (χ0v) is 10.6. The van der Waals surface area contributed by atoms with Crippen LogP contribution in [0.15, 0.2) is 30.3 Å². The maximum atomic E-state index is 13.2. The SMILES string of the molecule is Cc1cc(C(=O)c2cc(F)cc(F)c2)c(Cl)cc1F. The molecule has 2 rings (SSSR count). The van der Waals surface area contributed by atoms with Gasteiger partial charge in [-0.25, -0.2) is 13.2 Å². The molecule has 0 N–H and O–H groups in total. The standard InChI is InChI=1S/C14H8ClF3O/c1-7-2-11(12(15)6-13(7)18)14(19)8-3-9(16)5-10(17)4-8/h2-6H,1H3. The van der Waals surface area contributed by atoms with Crippen LogP contribution in [0.2, 0.25) is 5.02 Å². The highest BCUT2D eigenvalue weighted by Crippen LogP contribution is 2.23. The minimum atomic E-state index is -0.863. The molecule has 0 aliphatic carbocycles. The first-order chi connectivity index (χ1) is 8.88. The summed E-state index contributed by atoms with van der Waals surface area (Å²) in [6, 6.07) is 4.72. The first kappa shape index (κ1) is 13.6. The van der Waals surface area contributed by atoms with Gasteiger partial charge in [0.2, 0.25) is 0 Å². The van der Waals surface area contributed by atoms with Gasteiger partial charge in [0.25, 0.3) is 0 Å². The molecule has 19 heavy (non-hydrogen) atoms. The van der Waals surface area contributed by atoms with E-state index in [4.69, 9.17) is 11.6 Å². The Bertz CT molecular complexity index is 648. The fourth-order valence-electron chi connectivity index (χ4n) is 1.67. The van der Waals surface area contributed by atoms with Crippen LogP contribution in [0.3, 0.4) is 0 Å². The van der Waals surface area contributed by atoms with Gasteiger partial charge in [-0.1, -0.05) is 11.6 Å². The van der Waals surface area contributed by atoms with Crippen molar-refractivity contribution < 1.29 is 18.0 Å². The Labute approximate surface area is 112 Å². The maximum Gasteiger partial charge on any atom is 0.194 e. The number of carbonyl (C=O) groups is 1. The molecule has 0 amide bonds. The lowest BCUT2D eigenvalue weighted by molar-refractivity contribution is 0.103. The van der Waals surface area contributed by atoms with Crippen LogP contribution in [-0.2, 0) is 0 Å². The summed E-state index contributed by atoms with van der Waals surface area (Å²) in [7, 11) is 0. The lowest BCUT2D eigenvalue weighted by Crippen LogP contribution is -2.05. The molecule has 0 aromatic heterocycles. The largest absolute Gasteiger partial charge is 0.289 e. The zero-order chi connectivity index (χ0) is 14.2. The first-order valence-electron chi connectivity index (χ1n) is 5.35. The Morgan fingerprint density at radius 3 is 2.16 bits per heavy atom. The number of hydrogen-bond acceptors (Lipinski definition) is 1. The van der Waals surface area contributed by atoms with Crippen LogP contribution in [0.25, 0.3) is 0 Å². The Balaban J connectivity index is 2.53. The fraction of sp³-hybridized carbons (Fsp3) is 0.0714. The summed E-state index contributed by atoms with van der Waals surface area (Å²) in [4.78, 5) is 12.1. The van der Waals surface area contributed by atoms with E-state index in [1.165, 1.54) is 13.0 Å². The van der Waals surface area contributed by atoms with Gasteiger partial charge in [-0.3, -0.25) is 4.79 Å². The van der Waals surface area contributed by atoms with Crippen molar-refractivity contribution in [1.82, 2.24) is 0 Å². The Morgan fingerprint density at radius 2 is 1.58 bits per heavy atom. The van der Waals surface area contributed by atoms with Crippen LogP contribution in [0.4, 0.5) is 13.2 Å². The second-order valence-corrected chi connectivity index (χ2v) is 4.48. The minimum absolute atomic E-state index is 0.00515. The van der Waals surface area contributed by atoms with Gasteiger partial charge in [0.15, 0.2) is 5.78 Å². The van der Waals surface area contributed by atoms with Crippen LogP contribution in [-0.4, -0.2) is 5.78 Å². The van der Waals surface area contributed by atoms with Gasteiger partial charge in [0, 0.05) is 17.2 Å². The molecule has 0 spiro atoms. The van der Waals surface area contributed by atoms with E-state index in [9.17, 15) is 18.0 Å². The molecule has 5 heteroatoms. The minimum Gasteiger partial charge on any atom is -0.289 e. The van der Waals surface area contributed by atoms with E-state index in [-0.39, 0.29) is 21.7 Å². The Morgan fingerprint density at radius 1 is 1.00 bits per heavy atom. The second-order valence-electron chi connectivity index (χ2n) is 4.07. The average Bonchev–Trinajstić information content (AvgIpc) is 2.31. The molecule has 0 fully saturated rings. The molecule has 0 atom stereocenters. The predicted molar refractivity (Wildman–Crippen MR) is 65.9 cm³/mol. The van der Waals surface area contributed by atoms with E-state index in [1.54, 1.807) is 0 Å². The topological polar surface area (TPSA) is 17.1 Å². The van der Waals surface area contributed by atoms with Crippen molar-refractivity contribution in [3.63, 3.8) is 0 Å². The molecule has 1 nitrogen and oxygen atoms in total. The summed E-state index contributed by atoms with van der Waals surface area (Å²) in [5.74, 6) is -2.94. The molecule has 0 saturated heterocycles. The third-order valence-electron chi connectivity index (χ3n) is 2.62. The molecular formula is C14H8ClF3O. The molecule has 0 aliphatic heterocycles. The molecule has 0 unspecified atom stereocenters. The van der Waals surface area contributed by atoms with Gasteiger partial charge in [-0.05, 0) is 36.8 Å². The molecule has 0 heterocycles. The number of halogens is 4. The highest BCUT2D eigenvalue weighted by molar-refractivity contribution is 6.35. The molecule has 0 saturated carbocycles. The average molecular weight is 285 g/mol. The molecular weight excluding hydrogens is 277 g/mol. The molecule has 0 radical (unpaired) electrons. The highest BCUT2D eigenvalue weighted by Gasteiger charge is 2.16. The van der Waals surface area contributed by atoms with Gasteiger partial charge >= 0.3 is 0 Å². The van der Waals surface area contributed by atoms with E-state index in [0.717, 1.165) is 18.2 Å². The van der Waals surface area contributed by atoms with Gasteiger partial charge in [0.1, 0.15) is 17.5 Å². The normalized spacial score (nSPS) is 10.6. The second kappa shape index (κ2) is 5.05. The summed E-state index contributed by atoms with van der Waals surface area (Å²) in [5.41, 5.74) is 0.0561. The van der Waals surface area contributed by atoms with Gasteiger partial charge < -0.3 is 0 Å². The van der Waals surface area contributed by atoms with Crippen molar-refractivity contribution in [2.75, 3.05) is 0 Å². The summed E-state index contributed by atoms with van der Waals surface area (Å²) in [5, 5.41) is -0.0993. The first-order valence-corrected chi connectivity index (χ1v) is 5.72. The monoisotopic (exact) mass is 284 g/mol. The van der Waals surface area contributed by atoms with Gasteiger partial charge in [0.05, 0.1) is 5.02 Å². The Hall–Kier alpha value is -1.81. The summed E-state index contributed by atoms with van der Waals surface area (Å²) < 4.78 is 39.4. The van der Waals surface area contributed by atoms with Crippen LogP contribution >= 0.6 is 11.6 Å². The molecule has 2 aromatic rings. The van der Waals surface area contributed by atoms with Crippen LogP contribution in [0.5, 0.6) is 0 Å². The molecule has 98 valence electrons. The van der Waals surface area contributed by atoms with E-state index in [0.29, 0.717) is 6.07 Å². The van der Waals surface area contributed by atoms with Crippen LogP contribution in [0.1, 0.15) is 21.5 Å². The number of ketones is 1. The van der Waals surface area contributed by atoms with Crippen molar-refractivity contribution in [1.29, 1.82) is 0 Å². The van der Waals surface area contributed by atoms with E-state index < -0.39 is 23.2 Å². The smallest absolute Gasteiger partial charge is 0.194 e.